The zero-order valence-electron chi connectivity index (χ0n) is 15.7. The minimum Gasteiger partial charge on any atom is -0.492 e. The SMILES string of the molecule is CCN(Cc1cccc(NC(=O)CCCOc2ccccc2Br)c1)C(C)=O. The van der Waals surface area contributed by atoms with Gasteiger partial charge in [-0.05, 0) is 59.1 Å². The molecule has 0 radical (unpaired) electrons. The van der Waals surface area contributed by atoms with Crippen molar-refractivity contribution < 1.29 is 14.3 Å². The lowest BCUT2D eigenvalue weighted by Gasteiger charge is -2.19. The molecule has 0 bridgehead atoms. The summed E-state index contributed by atoms with van der Waals surface area (Å²) >= 11 is 3.43. The zero-order chi connectivity index (χ0) is 19.6. The first-order chi connectivity index (χ1) is 13.0. The maximum Gasteiger partial charge on any atom is 0.224 e. The van der Waals surface area contributed by atoms with E-state index in [1.807, 2.05) is 55.5 Å². The van der Waals surface area contributed by atoms with Crippen LogP contribution in [0.2, 0.25) is 0 Å². The van der Waals surface area contributed by atoms with Crippen LogP contribution in [-0.2, 0) is 16.1 Å². The molecule has 6 heteroatoms. The number of halogens is 1. The van der Waals surface area contributed by atoms with Crippen LogP contribution < -0.4 is 10.1 Å². The molecule has 0 aliphatic heterocycles. The van der Waals surface area contributed by atoms with E-state index in [9.17, 15) is 9.59 Å². The summed E-state index contributed by atoms with van der Waals surface area (Å²) in [6.45, 7) is 5.17. The first-order valence-electron chi connectivity index (χ1n) is 9.01. The van der Waals surface area contributed by atoms with Gasteiger partial charge in [0.2, 0.25) is 11.8 Å². The number of amides is 2. The van der Waals surface area contributed by atoms with E-state index in [-0.39, 0.29) is 11.8 Å². The zero-order valence-corrected chi connectivity index (χ0v) is 17.3. The fraction of sp³-hybridized carbons (Fsp3) is 0.333. The quantitative estimate of drug-likeness (QED) is 0.588. The molecule has 0 saturated carbocycles. The second kappa shape index (κ2) is 10.7. The summed E-state index contributed by atoms with van der Waals surface area (Å²) in [4.78, 5) is 25.5. The lowest BCUT2D eigenvalue weighted by atomic mass is 10.1. The predicted octanol–water partition coefficient (Wildman–Crippen LogP) is 4.62. The third-order valence-electron chi connectivity index (χ3n) is 4.05. The van der Waals surface area contributed by atoms with E-state index in [4.69, 9.17) is 4.74 Å². The number of hydrogen-bond acceptors (Lipinski definition) is 3. The van der Waals surface area contributed by atoms with Crippen LogP contribution in [0.5, 0.6) is 5.75 Å². The van der Waals surface area contributed by atoms with E-state index in [2.05, 4.69) is 21.2 Å². The van der Waals surface area contributed by atoms with E-state index in [0.29, 0.717) is 32.5 Å². The van der Waals surface area contributed by atoms with Gasteiger partial charge in [0.25, 0.3) is 0 Å². The Labute approximate surface area is 168 Å². The average molecular weight is 433 g/mol. The molecule has 0 unspecified atom stereocenters. The largest absolute Gasteiger partial charge is 0.492 e. The number of hydrogen-bond donors (Lipinski definition) is 1. The molecular weight excluding hydrogens is 408 g/mol. The number of carbonyl (C=O) groups is 2. The molecule has 1 N–H and O–H groups in total. The summed E-state index contributed by atoms with van der Waals surface area (Å²) in [7, 11) is 0. The Morgan fingerprint density at radius 1 is 1.15 bits per heavy atom. The average Bonchev–Trinajstić information content (AvgIpc) is 2.64. The molecule has 0 aliphatic rings. The van der Waals surface area contributed by atoms with Crippen molar-refractivity contribution in [2.24, 2.45) is 0 Å². The monoisotopic (exact) mass is 432 g/mol. The van der Waals surface area contributed by atoms with Gasteiger partial charge in [0, 0.05) is 32.1 Å². The number of benzene rings is 2. The maximum absolute atomic E-state index is 12.1. The van der Waals surface area contributed by atoms with Gasteiger partial charge in [-0.2, -0.15) is 0 Å². The molecule has 0 atom stereocenters. The van der Waals surface area contributed by atoms with Gasteiger partial charge in [0.05, 0.1) is 11.1 Å². The standard InChI is InChI=1S/C21H25BrN2O3/c1-3-24(16(2)25)15-17-8-6-9-18(14-17)23-21(26)12-7-13-27-20-11-5-4-10-19(20)22/h4-6,8-11,14H,3,7,12-13,15H2,1-2H3,(H,23,26). The Kier molecular flexibility index (Phi) is 8.33. The molecule has 2 aromatic rings. The number of anilines is 1. The van der Waals surface area contributed by atoms with Crippen LogP contribution in [0.25, 0.3) is 0 Å². The van der Waals surface area contributed by atoms with Gasteiger partial charge >= 0.3 is 0 Å². The van der Waals surface area contributed by atoms with Gasteiger partial charge in [-0.1, -0.05) is 24.3 Å². The minimum absolute atomic E-state index is 0.0389. The first-order valence-corrected chi connectivity index (χ1v) is 9.80. The van der Waals surface area contributed by atoms with Gasteiger partial charge < -0.3 is 15.0 Å². The van der Waals surface area contributed by atoms with E-state index < -0.39 is 0 Å². The smallest absolute Gasteiger partial charge is 0.224 e. The Morgan fingerprint density at radius 3 is 2.63 bits per heavy atom. The molecule has 0 aliphatic carbocycles. The summed E-state index contributed by atoms with van der Waals surface area (Å²) in [6, 6.07) is 15.2. The van der Waals surface area contributed by atoms with Crippen LogP contribution >= 0.6 is 15.9 Å². The molecule has 144 valence electrons. The van der Waals surface area contributed by atoms with Crippen LogP contribution in [0.1, 0.15) is 32.3 Å². The lowest BCUT2D eigenvalue weighted by Crippen LogP contribution is -2.27. The minimum atomic E-state index is -0.0539. The van der Waals surface area contributed by atoms with Crippen molar-refractivity contribution in [2.45, 2.75) is 33.2 Å². The Hall–Kier alpha value is -2.34. The van der Waals surface area contributed by atoms with Crippen molar-refractivity contribution in [1.82, 2.24) is 4.90 Å². The molecule has 2 aromatic carbocycles. The first kappa shape index (κ1) is 21.0. The Balaban J connectivity index is 1.79. The van der Waals surface area contributed by atoms with Crippen molar-refractivity contribution in [3.8, 4) is 5.75 Å². The highest BCUT2D eigenvalue weighted by Gasteiger charge is 2.08. The molecule has 2 rings (SSSR count). The molecule has 0 fully saturated rings. The number of para-hydroxylation sites is 1. The van der Waals surface area contributed by atoms with Crippen molar-refractivity contribution in [1.29, 1.82) is 0 Å². The molecule has 0 heterocycles. The topological polar surface area (TPSA) is 58.6 Å². The van der Waals surface area contributed by atoms with Crippen LogP contribution in [0, 0.1) is 0 Å². The molecule has 27 heavy (non-hydrogen) atoms. The fourth-order valence-corrected chi connectivity index (χ4v) is 3.01. The van der Waals surface area contributed by atoms with E-state index in [1.54, 1.807) is 11.8 Å². The highest BCUT2D eigenvalue weighted by Crippen LogP contribution is 2.23. The molecule has 5 nitrogen and oxygen atoms in total. The van der Waals surface area contributed by atoms with Gasteiger partial charge in [-0.15, -0.1) is 0 Å². The lowest BCUT2D eigenvalue weighted by molar-refractivity contribution is -0.129. The number of ether oxygens (including phenoxy) is 1. The molecular formula is C21H25BrN2O3. The van der Waals surface area contributed by atoms with E-state index in [0.717, 1.165) is 21.5 Å². The summed E-state index contributed by atoms with van der Waals surface area (Å²) in [6.07, 6.45) is 1.00. The predicted molar refractivity (Wildman–Crippen MR) is 111 cm³/mol. The number of carbonyl (C=O) groups excluding carboxylic acids is 2. The Bertz CT molecular complexity index is 780. The van der Waals surface area contributed by atoms with Crippen molar-refractivity contribution >= 4 is 33.4 Å². The third kappa shape index (κ3) is 7.06. The molecule has 0 saturated heterocycles. The normalized spacial score (nSPS) is 10.3. The van der Waals surface area contributed by atoms with Gasteiger partial charge in [0.1, 0.15) is 5.75 Å². The van der Waals surface area contributed by atoms with Gasteiger partial charge in [-0.3, -0.25) is 9.59 Å². The van der Waals surface area contributed by atoms with E-state index >= 15 is 0 Å². The number of nitrogens with zero attached hydrogens (tertiary/aromatic N) is 1. The fourth-order valence-electron chi connectivity index (χ4n) is 2.61. The molecule has 0 spiro atoms. The summed E-state index contributed by atoms with van der Waals surface area (Å²) in [5.41, 5.74) is 1.73. The van der Waals surface area contributed by atoms with Gasteiger partial charge in [0.15, 0.2) is 0 Å². The van der Waals surface area contributed by atoms with Crippen LogP contribution in [-0.4, -0.2) is 29.9 Å². The highest BCUT2D eigenvalue weighted by molar-refractivity contribution is 9.10. The second-order valence-corrected chi connectivity index (χ2v) is 7.02. The number of nitrogens with one attached hydrogen (secondary N) is 1. The number of rotatable bonds is 9. The van der Waals surface area contributed by atoms with Crippen molar-refractivity contribution in [2.75, 3.05) is 18.5 Å². The van der Waals surface area contributed by atoms with Crippen molar-refractivity contribution in [3.63, 3.8) is 0 Å². The highest BCUT2D eigenvalue weighted by atomic mass is 79.9. The van der Waals surface area contributed by atoms with Crippen LogP contribution in [0.15, 0.2) is 53.0 Å². The van der Waals surface area contributed by atoms with Crippen LogP contribution in [0.3, 0.4) is 0 Å². The molecule has 2 amide bonds. The molecule has 0 aromatic heterocycles. The third-order valence-corrected chi connectivity index (χ3v) is 4.71. The second-order valence-electron chi connectivity index (χ2n) is 6.16. The van der Waals surface area contributed by atoms with Crippen molar-refractivity contribution in [3.05, 3.63) is 58.6 Å². The summed E-state index contributed by atoms with van der Waals surface area (Å²) < 4.78 is 6.57. The maximum atomic E-state index is 12.1. The summed E-state index contributed by atoms with van der Waals surface area (Å²) in [5, 5.41) is 2.91. The van der Waals surface area contributed by atoms with E-state index in [1.165, 1.54) is 0 Å². The van der Waals surface area contributed by atoms with Crippen LogP contribution in [0.4, 0.5) is 5.69 Å². The van der Waals surface area contributed by atoms with Gasteiger partial charge in [-0.25, -0.2) is 0 Å². The Morgan fingerprint density at radius 2 is 1.93 bits per heavy atom. The summed E-state index contributed by atoms with van der Waals surface area (Å²) in [5.74, 6) is 0.760.